The van der Waals surface area contributed by atoms with Crippen molar-refractivity contribution >= 4 is 22.7 Å². The Labute approximate surface area is 170 Å². The van der Waals surface area contributed by atoms with E-state index in [4.69, 9.17) is 0 Å². The van der Waals surface area contributed by atoms with Crippen LogP contribution in [0.4, 0.5) is 0 Å². The molecule has 1 N–H and O–H groups in total. The number of nitrogens with zero attached hydrogens (tertiary/aromatic N) is 2. The summed E-state index contributed by atoms with van der Waals surface area (Å²) >= 11 is 0. The molecule has 1 saturated heterocycles. The molecule has 1 aromatic heterocycles. The van der Waals surface area contributed by atoms with Crippen LogP contribution in [0.1, 0.15) is 41.8 Å². The number of nitrogens with one attached hydrogen (secondary N) is 1. The normalized spacial score (nSPS) is 21.4. The maximum Gasteiger partial charge on any atom is 0.246 e. The van der Waals surface area contributed by atoms with E-state index in [1.807, 2.05) is 30.0 Å². The fourth-order valence-electron chi connectivity index (χ4n) is 4.97. The lowest BCUT2D eigenvalue weighted by Gasteiger charge is -2.47. The Morgan fingerprint density at radius 2 is 1.93 bits per heavy atom. The number of benzene rings is 2. The summed E-state index contributed by atoms with van der Waals surface area (Å²) < 4.78 is 0. The Morgan fingerprint density at radius 1 is 1.10 bits per heavy atom. The zero-order valence-electron chi connectivity index (χ0n) is 16.8. The number of hydrogen-bond acceptors (Lipinski definition) is 2. The van der Waals surface area contributed by atoms with E-state index in [9.17, 15) is 9.59 Å². The lowest BCUT2D eigenvalue weighted by molar-refractivity contribution is -0.158. The second-order valence-electron chi connectivity index (χ2n) is 8.16. The molecule has 0 saturated carbocycles. The van der Waals surface area contributed by atoms with Gasteiger partial charge in [-0.05, 0) is 30.5 Å². The van der Waals surface area contributed by atoms with Crippen molar-refractivity contribution < 1.29 is 9.59 Å². The SMILES string of the molecule is CCCN1CC(=O)N2[C@H](c3cccc(C)c3)c3[nH]c4ccccc4c3C[C@H]2C1=O. The summed E-state index contributed by atoms with van der Waals surface area (Å²) in [6, 6.07) is 15.8. The predicted molar refractivity (Wildman–Crippen MR) is 113 cm³/mol. The molecule has 0 unspecified atom stereocenters. The number of hydrogen-bond donors (Lipinski definition) is 1. The largest absolute Gasteiger partial charge is 0.356 e. The monoisotopic (exact) mass is 387 g/mol. The van der Waals surface area contributed by atoms with Gasteiger partial charge in [-0.15, -0.1) is 0 Å². The van der Waals surface area contributed by atoms with E-state index in [-0.39, 0.29) is 24.4 Å². The van der Waals surface area contributed by atoms with E-state index in [0.29, 0.717) is 13.0 Å². The van der Waals surface area contributed by atoms with Gasteiger partial charge in [-0.25, -0.2) is 0 Å². The second kappa shape index (κ2) is 6.76. The average Bonchev–Trinajstić information content (AvgIpc) is 3.09. The van der Waals surface area contributed by atoms with E-state index in [0.717, 1.165) is 39.7 Å². The van der Waals surface area contributed by atoms with Crippen LogP contribution in [0.2, 0.25) is 0 Å². The van der Waals surface area contributed by atoms with Crippen LogP contribution in [-0.4, -0.2) is 45.7 Å². The van der Waals surface area contributed by atoms with E-state index in [2.05, 4.69) is 42.2 Å². The van der Waals surface area contributed by atoms with Crippen molar-refractivity contribution in [3.05, 3.63) is 70.9 Å². The lowest BCUT2D eigenvalue weighted by atomic mass is 9.86. The Hall–Kier alpha value is -3.08. The quantitative estimate of drug-likeness (QED) is 0.747. The molecule has 29 heavy (non-hydrogen) atoms. The van der Waals surface area contributed by atoms with E-state index in [1.165, 1.54) is 0 Å². The van der Waals surface area contributed by atoms with Gasteiger partial charge in [-0.1, -0.05) is 55.0 Å². The first kappa shape index (κ1) is 18.0. The van der Waals surface area contributed by atoms with Crippen LogP contribution >= 0.6 is 0 Å². The summed E-state index contributed by atoms with van der Waals surface area (Å²) in [4.78, 5) is 33.7. The van der Waals surface area contributed by atoms with Crippen molar-refractivity contribution in [1.29, 1.82) is 0 Å². The third kappa shape index (κ3) is 2.76. The molecule has 5 nitrogen and oxygen atoms in total. The molecule has 3 heterocycles. The minimum absolute atomic E-state index is 0.0267. The zero-order chi connectivity index (χ0) is 20.1. The minimum atomic E-state index is -0.444. The Bertz CT molecular complexity index is 1120. The van der Waals surface area contributed by atoms with E-state index < -0.39 is 6.04 Å². The molecule has 0 radical (unpaired) electrons. The number of fused-ring (bicyclic) bond motifs is 4. The number of amides is 2. The van der Waals surface area contributed by atoms with E-state index in [1.54, 1.807) is 4.90 Å². The molecule has 0 aliphatic carbocycles. The summed E-state index contributed by atoms with van der Waals surface area (Å²) in [5, 5.41) is 1.15. The molecule has 2 amide bonds. The summed E-state index contributed by atoms with van der Waals surface area (Å²) in [5.74, 6) is 0.0962. The molecule has 2 aromatic carbocycles. The maximum absolute atomic E-state index is 13.3. The number of aromatic amines is 1. The predicted octanol–water partition coefficient (Wildman–Crippen LogP) is 3.57. The summed E-state index contributed by atoms with van der Waals surface area (Å²) in [5.41, 5.74) is 5.45. The van der Waals surface area contributed by atoms with Crippen molar-refractivity contribution in [3.63, 3.8) is 0 Å². The van der Waals surface area contributed by atoms with Crippen LogP contribution in [0.15, 0.2) is 48.5 Å². The standard InChI is InChI=1S/C24H25N3O2/c1-3-11-26-14-21(28)27-20(24(26)29)13-18-17-9-4-5-10-19(17)25-22(18)23(27)16-8-6-7-15(2)12-16/h4-10,12,20,23,25H,3,11,13-14H2,1-2H3/t20-,23+/m0/s1. The fraction of sp³-hybridized carbons (Fsp3) is 0.333. The number of carbonyl (C=O) groups excluding carboxylic acids is 2. The number of aryl methyl sites for hydroxylation is 1. The highest BCUT2D eigenvalue weighted by Gasteiger charge is 2.47. The topological polar surface area (TPSA) is 56.4 Å². The average molecular weight is 387 g/mol. The molecule has 0 spiro atoms. The molecule has 3 aromatic rings. The Balaban J connectivity index is 1.72. The third-order valence-electron chi connectivity index (χ3n) is 6.19. The molecular formula is C24H25N3O2. The van der Waals surface area contributed by atoms with Crippen molar-refractivity contribution in [2.24, 2.45) is 0 Å². The van der Waals surface area contributed by atoms with Crippen molar-refractivity contribution in [2.45, 2.75) is 38.8 Å². The van der Waals surface area contributed by atoms with Crippen LogP contribution in [-0.2, 0) is 16.0 Å². The minimum Gasteiger partial charge on any atom is -0.356 e. The van der Waals surface area contributed by atoms with Gasteiger partial charge in [0.1, 0.15) is 6.04 Å². The van der Waals surface area contributed by atoms with Crippen molar-refractivity contribution in [2.75, 3.05) is 13.1 Å². The first-order valence-corrected chi connectivity index (χ1v) is 10.3. The van der Waals surface area contributed by atoms with Gasteiger partial charge in [-0.3, -0.25) is 9.59 Å². The van der Waals surface area contributed by atoms with Crippen LogP contribution < -0.4 is 0 Å². The first-order valence-electron chi connectivity index (χ1n) is 10.3. The van der Waals surface area contributed by atoms with E-state index >= 15 is 0 Å². The maximum atomic E-state index is 13.3. The number of rotatable bonds is 3. The molecule has 1 fully saturated rings. The number of carbonyl (C=O) groups is 2. The van der Waals surface area contributed by atoms with Gasteiger partial charge in [-0.2, -0.15) is 0 Å². The Morgan fingerprint density at radius 3 is 2.72 bits per heavy atom. The van der Waals surface area contributed by atoms with Gasteiger partial charge in [0.25, 0.3) is 0 Å². The number of H-pyrrole nitrogens is 1. The third-order valence-corrected chi connectivity index (χ3v) is 6.19. The highest BCUT2D eigenvalue weighted by Crippen LogP contribution is 2.42. The second-order valence-corrected chi connectivity index (χ2v) is 8.16. The molecule has 148 valence electrons. The molecule has 2 aliphatic rings. The highest BCUT2D eigenvalue weighted by atomic mass is 16.2. The molecule has 5 heteroatoms. The smallest absolute Gasteiger partial charge is 0.246 e. The van der Waals surface area contributed by atoms with Crippen LogP contribution in [0.3, 0.4) is 0 Å². The highest BCUT2D eigenvalue weighted by molar-refractivity contribution is 5.97. The van der Waals surface area contributed by atoms with Gasteiger partial charge >= 0.3 is 0 Å². The molecular weight excluding hydrogens is 362 g/mol. The summed E-state index contributed by atoms with van der Waals surface area (Å²) in [6.07, 6.45) is 1.41. The molecule has 5 rings (SSSR count). The Kier molecular flexibility index (Phi) is 4.19. The van der Waals surface area contributed by atoms with Gasteiger partial charge in [0, 0.05) is 29.6 Å². The molecule has 2 aliphatic heterocycles. The van der Waals surface area contributed by atoms with Crippen LogP contribution in [0, 0.1) is 6.92 Å². The number of aromatic nitrogens is 1. The molecule has 2 atom stereocenters. The van der Waals surface area contributed by atoms with Gasteiger partial charge < -0.3 is 14.8 Å². The molecule has 0 bridgehead atoms. The first-order chi connectivity index (χ1) is 14.1. The summed E-state index contributed by atoms with van der Waals surface area (Å²) in [6.45, 7) is 4.90. The number of para-hydroxylation sites is 1. The fourth-order valence-corrected chi connectivity index (χ4v) is 4.97. The van der Waals surface area contributed by atoms with Gasteiger partial charge in [0.15, 0.2) is 0 Å². The van der Waals surface area contributed by atoms with Crippen LogP contribution in [0.25, 0.3) is 10.9 Å². The van der Waals surface area contributed by atoms with Crippen molar-refractivity contribution in [1.82, 2.24) is 14.8 Å². The van der Waals surface area contributed by atoms with Crippen LogP contribution in [0.5, 0.6) is 0 Å². The number of piperazine rings is 1. The van der Waals surface area contributed by atoms with Crippen molar-refractivity contribution in [3.8, 4) is 0 Å². The van der Waals surface area contributed by atoms with Gasteiger partial charge in [0.05, 0.1) is 12.6 Å². The van der Waals surface area contributed by atoms with Gasteiger partial charge in [0.2, 0.25) is 11.8 Å². The zero-order valence-corrected chi connectivity index (χ0v) is 16.8. The lowest BCUT2D eigenvalue weighted by Crippen LogP contribution is -2.63. The summed E-state index contributed by atoms with van der Waals surface area (Å²) in [7, 11) is 0.